The molecule has 0 bridgehead atoms. The first-order chi connectivity index (χ1) is 17.9. The molecule has 0 fully saturated rings. The molecule has 1 heterocycles. The van der Waals surface area contributed by atoms with Crippen LogP contribution in [0.1, 0.15) is 37.3 Å². The number of aromatic nitrogens is 1. The van der Waals surface area contributed by atoms with Crippen molar-refractivity contribution in [2.75, 3.05) is 18.5 Å². The summed E-state index contributed by atoms with van der Waals surface area (Å²) in [6, 6.07) is 10.2. The van der Waals surface area contributed by atoms with Gasteiger partial charge in [-0.3, -0.25) is 4.79 Å². The summed E-state index contributed by atoms with van der Waals surface area (Å²) >= 11 is 32.2. The van der Waals surface area contributed by atoms with Gasteiger partial charge in [-0.2, -0.15) is 0 Å². The van der Waals surface area contributed by atoms with E-state index in [1.54, 1.807) is 55.6 Å². The van der Waals surface area contributed by atoms with Crippen molar-refractivity contribution in [2.45, 2.75) is 21.3 Å². The summed E-state index contributed by atoms with van der Waals surface area (Å²) in [5.41, 5.74) is 7.07. The van der Waals surface area contributed by atoms with Crippen molar-refractivity contribution in [1.82, 2.24) is 4.98 Å². The van der Waals surface area contributed by atoms with Crippen LogP contribution in [0.4, 0.5) is 0 Å². The largest absolute Gasteiger partial charge is 0.461 e. The summed E-state index contributed by atoms with van der Waals surface area (Å²) in [7, 11) is 0. The Labute approximate surface area is 283 Å². The zero-order valence-corrected chi connectivity index (χ0v) is 28.0. The number of ketones is 1. The van der Waals surface area contributed by atoms with Crippen molar-refractivity contribution in [1.29, 1.82) is 0 Å². The Balaban J connectivity index is 0. The van der Waals surface area contributed by atoms with Gasteiger partial charge in [-0.05, 0) is 50.2 Å². The second kappa shape index (κ2) is 21.5. The number of carbonyl (C=O) groups excluding carboxylic acids is 3. The second-order valence-corrected chi connectivity index (χ2v) is 10.2. The first kappa shape index (κ1) is 40.9. The minimum atomic E-state index is -0.769. The Morgan fingerprint density at radius 1 is 0.975 bits per heavy atom. The van der Waals surface area contributed by atoms with Gasteiger partial charge < -0.3 is 15.2 Å². The monoisotopic (exact) mass is 767 g/mol. The van der Waals surface area contributed by atoms with E-state index in [1.807, 2.05) is 0 Å². The topological polar surface area (TPSA) is 109 Å². The van der Waals surface area contributed by atoms with E-state index in [0.717, 1.165) is 5.56 Å². The van der Waals surface area contributed by atoms with E-state index in [9.17, 15) is 14.4 Å². The van der Waals surface area contributed by atoms with Gasteiger partial charge in [0.05, 0.1) is 28.6 Å². The zero-order chi connectivity index (χ0) is 28.8. The van der Waals surface area contributed by atoms with Crippen molar-refractivity contribution in [3.05, 3.63) is 73.1 Å². The fourth-order valence-corrected chi connectivity index (χ4v) is 4.67. The van der Waals surface area contributed by atoms with E-state index in [2.05, 4.69) is 25.7 Å². The average molecular weight is 770 g/mol. The van der Waals surface area contributed by atoms with E-state index >= 15 is 0 Å². The maximum absolute atomic E-state index is 11.5. The third kappa shape index (κ3) is 14.1. The van der Waals surface area contributed by atoms with Crippen molar-refractivity contribution in [2.24, 2.45) is 5.73 Å². The third-order valence-electron chi connectivity index (χ3n) is 3.97. The summed E-state index contributed by atoms with van der Waals surface area (Å²) in [6.07, 6.45) is 0. The minimum Gasteiger partial charge on any atom is -0.461 e. The van der Waals surface area contributed by atoms with Gasteiger partial charge in [-0.1, -0.05) is 82.0 Å². The molecule has 0 atom stereocenters. The maximum Gasteiger partial charge on any atom is 0.375 e. The molecule has 0 spiro atoms. The molecule has 0 saturated heterocycles. The molecule has 0 unspecified atom stereocenters. The summed E-state index contributed by atoms with van der Waals surface area (Å²) in [5.74, 6) is -1.74. The number of ether oxygens (including phenoxy) is 2. The van der Waals surface area contributed by atoms with Crippen molar-refractivity contribution >= 4 is 109 Å². The Kier molecular flexibility index (Phi) is 22.0. The van der Waals surface area contributed by atoms with Gasteiger partial charge in [-0.15, -0.1) is 11.3 Å². The minimum absolute atomic E-state index is 0. The Bertz CT molecular complexity index is 1300. The zero-order valence-electron chi connectivity index (χ0n) is 20.4. The molecular weight excluding hydrogens is 745 g/mol. The molecule has 217 valence electrons. The van der Waals surface area contributed by atoms with E-state index in [0.29, 0.717) is 43.0 Å². The fourth-order valence-electron chi connectivity index (χ4n) is 2.31. The third-order valence-corrected chi connectivity index (χ3v) is 6.67. The van der Waals surface area contributed by atoms with Gasteiger partial charge in [0.2, 0.25) is 5.78 Å². The van der Waals surface area contributed by atoms with Crippen molar-refractivity contribution in [3.63, 3.8) is 0 Å². The van der Waals surface area contributed by atoms with Crippen LogP contribution >= 0.6 is 85.9 Å². The number of carbonyl (C=O) groups is 3. The standard InChI is InChI=1S/C12H9Cl2NO2S.C7H5Cl2NS.C5H7BrO3.CH4.V/c1-2-17-12(16)10-6-18-11(15-10)8-4-3-7(13)5-9(8)14;8-4-1-2-5(7(10)11)6(9)3-4;1-2-9-5(8)4(7)3-6;;/h3-6H,2H2,1H3;1-3H,(H2,10,11);2-3H2,1H3;1H4;. The van der Waals surface area contributed by atoms with Crippen LogP contribution < -0.4 is 5.73 Å². The van der Waals surface area contributed by atoms with Crippen molar-refractivity contribution in [3.8, 4) is 10.6 Å². The predicted molar refractivity (Wildman–Crippen MR) is 168 cm³/mol. The summed E-state index contributed by atoms with van der Waals surface area (Å²) in [4.78, 5) is 36.7. The second-order valence-electron chi connectivity index (χ2n) is 6.65. The van der Waals surface area contributed by atoms with Gasteiger partial charge in [-0.25, -0.2) is 14.6 Å². The van der Waals surface area contributed by atoms with Crippen LogP contribution in [0.3, 0.4) is 0 Å². The molecule has 40 heavy (non-hydrogen) atoms. The molecule has 0 aliphatic carbocycles. The number of esters is 2. The van der Waals surface area contributed by atoms with E-state index in [-0.39, 0.29) is 42.9 Å². The van der Waals surface area contributed by atoms with Gasteiger partial charge in [0.15, 0.2) is 5.69 Å². The molecule has 1 radical (unpaired) electrons. The Morgan fingerprint density at radius 3 is 2.00 bits per heavy atom. The number of benzene rings is 2. The number of rotatable bonds is 7. The number of hydrogen-bond donors (Lipinski definition) is 1. The van der Waals surface area contributed by atoms with Crippen LogP contribution in [0.2, 0.25) is 20.1 Å². The van der Waals surface area contributed by atoms with Gasteiger partial charge in [0, 0.05) is 45.1 Å². The molecule has 3 aromatic rings. The summed E-state index contributed by atoms with van der Waals surface area (Å²) in [5, 5.41) is 4.49. The summed E-state index contributed by atoms with van der Waals surface area (Å²) in [6.45, 7) is 3.98. The fraction of sp³-hybridized carbons (Fsp3) is 0.240. The van der Waals surface area contributed by atoms with Crippen molar-refractivity contribution < 1.29 is 42.4 Å². The number of hydrogen-bond acceptors (Lipinski definition) is 8. The van der Waals surface area contributed by atoms with Crippen LogP contribution in [-0.4, -0.2) is 46.2 Å². The molecule has 1 aromatic heterocycles. The number of thiazole rings is 1. The van der Waals surface area contributed by atoms with Gasteiger partial charge in [0.25, 0.3) is 0 Å². The van der Waals surface area contributed by atoms with Crippen LogP contribution in [0.5, 0.6) is 0 Å². The maximum atomic E-state index is 11.5. The first-order valence-corrected chi connectivity index (χ1v) is 14.5. The SMILES string of the molecule is C.CCOC(=O)C(=O)CBr.CCOC(=O)c1csc(-c2ccc(Cl)cc2Cl)n1.NC(=S)c1ccc(Cl)cc1Cl.[V]. The summed E-state index contributed by atoms with van der Waals surface area (Å²) < 4.78 is 9.25. The van der Waals surface area contributed by atoms with Gasteiger partial charge >= 0.3 is 11.9 Å². The average Bonchev–Trinajstić information content (AvgIpc) is 3.34. The Hall–Kier alpha value is -1.21. The molecule has 0 aliphatic heterocycles. The molecule has 3 rings (SSSR count). The molecule has 0 aliphatic rings. The molecular formula is C25H25BrCl4N2O5S2V. The molecule has 0 amide bonds. The van der Waals surface area contributed by atoms with Crippen LogP contribution in [0.25, 0.3) is 10.6 Å². The Morgan fingerprint density at radius 2 is 1.52 bits per heavy atom. The van der Waals surface area contributed by atoms with Crippen LogP contribution in [0.15, 0.2) is 41.8 Å². The van der Waals surface area contributed by atoms with Crippen LogP contribution in [0, 0.1) is 0 Å². The van der Waals surface area contributed by atoms with Gasteiger partial charge in [0.1, 0.15) is 10.00 Å². The number of thiocarbonyl (C=S) groups is 1. The molecule has 7 nitrogen and oxygen atoms in total. The molecule has 2 aromatic carbocycles. The number of halogens is 5. The first-order valence-electron chi connectivity index (χ1n) is 10.5. The quantitative estimate of drug-likeness (QED) is 0.111. The van der Waals surface area contributed by atoms with E-state index < -0.39 is 17.7 Å². The number of nitrogens with zero attached hydrogens (tertiary/aromatic N) is 1. The molecule has 0 saturated carbocycles. The smallest absolute Gasteiger partial charge is 0.375 e. The van der Waals surface area contributed by atoms with Crippen LogP contribution in [-0.2, 0) is 37.6 Å². The van der Waals surface area contributed by atoms with E-state index in [1.165, 1.54) is 11.3 Å². The normalized spacial score (nSPS) is 9.28. The molecule has 2 N–H and O–H groups in total. The van der Waals surface area contributed by atoms with E-state index in [4.69, 9.17) is 69.1 Å². The predicted octanol–water partition coefficient (Wildman–Crippen LogP) is 8.07. The number of Topliss-reactive ketones (excluding diaryl/α,β-unsaturated/α-hetero) is 1. The number of nitrogens with two attached hydrogens (primary N) is 1. The molecule has 15 heteroatoms. The number of alkyl halides is 1.